The molecule has 0 amide bonds. The number of carboxylic acids is 2. The lowest BCUT2D eigenvalue weighted by molar-refractivity contribution is -0.159. The number of hydrogen-bond donors (Lipinski definition) is 3. The molecular weight excluding hydrogens is 354 g/mol. The zero-order chi connectivity index (χ0) is 20.1. The molecule has 1 aromatic heterocycles. The summed E-state index contributed by atoms with van der Waals surface area (Å²) in [6, 6.07) is 9.76. The molecule has 1 aromatic carbocycles. The van der Waals surface area contributed by atoms with Crippen molar-refractivity contribution in [2.75, 3.05) is 20.3 Å². The lowest BCUT2D eigenvalue weighted by Crippen LogP contribution is -2.20. The van der Waals surface area contributed by atoms with Crippen LogP contribution in [0.25, 0.3) is 0 Å². The molecule has 0 fully saturated rings. The van der Waals surface area contributed by atoms with Gasteiger partial charge in [-0.15, -0.1) is 6.58 Å². The lowest BCUT2D eigenvalue weighted by Gasteiger charge is -2.12. The molecule has 146 valence electrons. The van der Waals surface area contributed by atoms with Crippen LogP contribution in [0.1, 0.15) is 11.3 Å². The van der Waals surface area contributed by atoms with Crippen molar-refractivity contribution in [3.8, 4) is 11.5 Å². The first-order chi connectivity index (χ1) is 13.0. The van der Waals surface area contributed by atoms with E-state index in [2.05, 4.69) is 11.9 Å². The number of furan rings is 1. The van der Waals surface area contributed by atoms with E-state index in [0.29, 0.717) is 13.2 Å². The number of allylic oxidation sites excluding steroid dienone is 1. The topological polar surface area (TPSA) is 118 Å². The molecule has 0 aliphatic heterocycles. The lowest BCUT2D eigenvalue weighted by atomic mass is 10.1. The van der Waals surface area contributed by atoms with Gasteiger partial charge >= 0.3 is 11.9 Å². The van der Waals surface area contributed by atoms with Crippen LogP contribution in [-0.2, 0) is 22.6 Å². The summed E-state index contributed by atoms with van der Waals surface area (Å²) >= 11 is 0. The highest BCUT2D eigenvalue weighted by atomic mass is 16.5. The quantitative estimate of drug-likeness (QED) is 0.346. The van der Waals surface area contributed by atoms with Crippen molar-refractivity contribution in [1.82, 2.24) is 5.32 Å². The summed E-state index contributed by atoms with van der Waals surface area (Å²) in [5.41, 5.74) is 1.16. The van der Waals surface area contributed by atoms with E-state index in [4.69, 9.17) is 33.7 Å². The second kappa shape index (κ2) is 12.2. The van der Waals surface area contributed by atoms with Crippen molar-refractivity contribution < 1.29 is 33.7 Å². The van der Waals surface area contributed by atoms with E-state index in [-0.39, 0.29) is 0 Å². The minimum Gasteiger partial charge on any atom is -0.493 e. The predicted octanol–water partition coefficient (Wildman–Crippen LogP) is 2.34. The Morgan fingerprint density at radius 3 is 2.52 bits per heavy atom. The van der Waals surface area contributed by atoms with Gasteiger partial charge in [0.2, 0.25) is 0 Å². The zero-order valence-electron chi connectivity index (χ0n) is 15.0. The van der Waals surface area contributed by atoms with Crippen LogP contribution >= 0.6 is 0 Å². The van der Waals surface area contributed by atoms with Crippen molar-refractivity contribution in [3.05, 3.63) is 60.6 Å². The number of nitrogens with one attached hydrogen (secondary N) is 1. The number of carbonyl (C=O) groups is 2. The van der Waals surface area contributed by atoms with Crippen LogP contribution < -0.4 is 14.8 Å². The van der Waals surface area contributed by atoms with E-state index in [9.17, 15) is 0 Å². The molecule has 0 aliphatic carbocycles. The zero-order valence-corrected chi connectivity index (χ0v) is 15.0. The average molecular weight is 377 g/mol. The van der Waals surface area contributed by atoms with Gasteiger partial charge < -0.3 is 29.4 Å². The van der Waals surface area contributed by atoms with E-state index in [1.807, 2.05) is 36.4 Å². The molecule has 0 saturated carbocycles. The fourth-order valence-corrected chi connectivity index (χ4v) is 1.98. The molecule has 3 N–H and O–H groups in total. The van der Waals surface area contributed by atoms with Crippen molar-refractivity contribution >= 4 is 11.9 Å². The van der Waals surface area contributed by atoms with Crippen LogP contribution in [0.4, 0.5) is 0 Å². The van der Waals surface area contributed by atoms with E-state index in [0.717, 1.165) is 35.8 Å². The molecule has 0 aliphatic rings. The second-order valence-corrected chi connectivity index (χ2v) is 5.19. The Labute approximate surface area is 157 Å². The molecule has 0 unspecified atom stereocenters. The van der Waals surface area contributed by atoms with Gasteiger partial charge in [-0.1, -0.05) is 12.1 Å². The van der Waals surface area contributed by atoms with Gasteiger partial charge in [0, 0.05) is 6.54 Å². The summed E-state index contributed by atoms with van der Waals surface area (Å²) in [5, 5.41) is 18.0. The summed E-state index contributed by atoms with van der Waals surface area (Å²) in [4.78, 5) is 18.2. The number of benzene rings is 1. The Balaban J connectivity index is 0.000000527. The third kappa shape index (κ3) is 8.59. The van der Waals surface area contributed by atoms with E-state index in [1.165, 1.54) is 0 Å². The highest BCUT2D eigenvalue weighted by Gasteiger charge is 2.05. The van der Waals surface area contributed by atoms with Crippen LogP contribution in [0.3, 0.4) is 0 Å². The number of rotatable bonds is 9. The molecule has 0 radical (unpaired) electrons. The highest BCUT2D eigenvalue weighted by molar-refractivity contribution is 6.27. The average Bonchev–Trinajstić information content (AvgIpc) is 3.16. The smallest absolute Gasteiger partial charge is 0.414 e. The number of aliphatic carboxylic acids is 2. The maximum atomic E-state index is 9.10. The highest BCUT2D eigenvalue weighted by Crippen LogP contribution is 2.28. The molecule has 27 heavy (non-hydrogen) atoms. The first kappa shape index (κ1) is 21.8. The summed E-state index contributed by atoms with van der Waals surface area (Å²) in [7, 11) is 1.65. The SMILES string of the molecule is C=CCc1ccc(OCCNCc2ccco2)c(OC)c1.O=C(O)C(=O)O. The molecule has 0 bridgehead atoms. The molecule has 8 heteroatoms. The van der Waals surface area contributed by atoms with Crippen LogP contribution in [0.15, 0.2) is 53.7 Å². The number of ether oxygens (including phenoxy) is 2. The van der Waals surface area contributed by atoms with Crippen molar-refractivity contribution in [1.29, 1.82) is 0 Å². The fourth-order valence-electron chi connectivity index (χ4n) is 1.98. The monoisotopic (exact) mass is 377 g/mol. The van der Waals surface area contributed by atoms with Crippen LogP contribution in [0, 0.1) is 0 Å². The van der Waals surface area contributed by atoms with Crippen molar-refractivity contribution in [2.24, 2.45) is 0 Å². The largest absolute Gasteiger partial charge is 0.493 e. The standard InChI is InChI=1S/C17H21NO3.C2H2O4/c1-3-5-14-7-8-16(17(12-14)19-2)21-11-9-18-13-15-6-4-10-20-15;3-1(4)2(5)6/h3-4,6-8,10,12,18H,1,5,9,11,13H2,2H3;(H,3,4)(H,5,6). The summed E-state index contributed by atoms with van der Waals surface area (Å²) < 4.78 is 16.3. The maximum absolute atomic E-state index is 9.10. The minimum absolute atomic E-state index is 0.567. The third-order valence-corrected chi connectivity index (χ3v) is 3.21. The third-order valence-electron chi connectivity index (χ3n) is 3.21. The summed E-state index contributed by atoms with van der Waals surface area (Å²) in [6.45, 7) is 5.74. The molecule has 0 saturated heterocycles. The number of methoxy groups -OCH3 is 1. The Morgan fingerprint density at radius 2 is 1.96 bits per heavy atom. The Hall–Kier alpha value is -3.26. The van der Waals surface area contributed by atoms with Gasteiger partial charge in [-0.3, -0.25) is 0 Å². The fraction of sp³-hybridized carbons (Fsp3) is 0.263. The minimum atomic E-state index is -1.82. The predicted molar refractivity (Wildman–Crippen MR) is 98.1 cm³/mol. The molecule has 0 spiro atoms. The Kier molecular flexibility index (Phi) is 9.80. The van der Waals surface area contributed by atoms with Gasteiger partial charge in [0.1, 0.15) is 12.4 Å². The van der Waals surface area contributed by atoms with Gasteiger partial charge in [-0.05, 0) is 36.2 Å². The van der Waals surface area contributed by atoms with E-state index in [1.54, 1.807) is 13.4 Å². The number of hydrogen-bond acceptors (Lipinski definition) is 6. The maximum Gasteiger partial charge on any atom is 0.414 e. The molecule has 2 rings (SSSR count). The van der Waals surface area contributed by atoms with Crippen molar-refractivity contribution in [2.45, 2.75) is 13.0 Å². The molecule has 0 atom stereocenters. The van der Waals surface area contributed by atoms with E-state index >= 15 is 0 Å². The Bertz CT molecular complexity index is 714. The number of carboxylic acid groups (broad SMARTS) is 2. The first-order valence-corrected chi connectivity index (χ1v) is 8.07. The first-order valence-electron chi connectivity index (χ1n) is 8.07. The summed E-state index contributed by atoms with van der Waals surface area (Å²) in [6.07, 6.45) is 4.36. The van der Waals surface area contributed by atoms with Crippen LogP contribution in [-0.4, -0.2) is 42.4 Å². The van der Waals surface area contributed by atoms with Gasteiger partial charge in [-0.25, -0.2) is 9.59 Å². The Morgan fingerprint density at radius 1 is 1.22 bits per heavy atom. The summed E-state index contributed by atoms with van der Waals surface area (Å²) in [5.74, 6) is -1.23. The molecular formula is C19H23NO7. The molecule has 8 nitrogen and oxygen atoms in total. The van der Waals surface area contributed by atoms with Gasteiger partial charge in [-0.2, -0.15) is 0 Å². The van der Waals surface area contributed by atoms with Crippen molar-refractivity contribution in [3.63, 3.8) is 0 Å². The van der Waals surface area contributed by atoms with Crippen LogP contribution in [0.2, 0.25) is 0 Å². The molecule has 1 heterocycles. The van der Waals surface area contributed by atoms with Crippen LogP contribution in [0.5, 0.6) is 11.5 Å². The van der Waals surface area contributed by atoms with Gasteiger partial charge in [0.25, 0.3) is 0 Å². The normalized spacial score (nSPS) is 9.67. The molecule has 2 aromatic rings. The van der Waals surface area contributed by atoms with E-state index < -0.39 is 11.9 Å². The van der Waals surface area contributed by atoms with Gasteiger partial charge in [0.15, 0.2) is 11.5 Å². The second-order valence-electron chi connectivity index (χ2n) is 5.19. The van der Waals surface area contributed by atoms with Gasteiger partial charge in [0.05, 0.1) is 19.9 Å².